The van der Waals surface area contributed by atoms with Crippen LogP contribution in [-0.2, 0) is 0 Å². The van der Waals surface area contributed by atoms with Crippen molar-refractivity contribution in [1.82, 2.24) is 5.32 Å². The molecule has 10 heavy (non-hydrogen) atoms. The van der Waals surface area contributed by atoms with Gasteiger partial charge in [0, 0.05) is 11.6 Å². The van der Waals surface area contributed by atoms with E-state index < -0.39 is 0 Å². The molecule has 0 aromatic rings. The van der Waals surface area contributed by atoms with E-state index >= 15 is 0 Å². The largest absolute Gasteiger partial charge is 0.330 e. The first kappa shape index (κ1) is 6.62. The maximum Gasteiger partial charge on any atom is 0.0338 e. The Morgan fingerprint density at radius 1 is 1.70 bits per heavy atom. The van der Waals surface area contributed by atoms with Crippen molar-refractivity contribution in [3.8, 4) is 0 Å². The smallest absolute Gasteiger partial charge is 0.0338 e. The molecule has 1 heterocycles. The summed E-state index contributed by atoms with van der Waals surface area (Å²) in [7, 11) is 0. The topological polar surface area (TPSA) is 48.0 Å². The molecule has 2 aliphatic rings. The van der Waals surface area contributed by atoms with Gasteiger partial charge in [0.1, 0.15) is 0 Å². The number of rotatable bonds is 1. The van der Waals surface area contributed by atoms with Crippen LogP contribution in [0, 0.1) is 5.92 Å². The molecule has 0 bridgehead atoms. The minimum atomic E-state index is 0.546. The van der Waals surface area contributed by atoms with Gasteiger partial charge in [0.2, 0.25) is 0 Å². The fourth-order valence-electron chi connectivity index (χ4n) is 2.30. The second kappa shape index (κ2) is 1.95. The van der Waals surface area contributed by atoms with Crippen LogP contribution >= 0.6 is 0 Å². The maximum atomic E-state index is 5.60. The van der Waals surface area contributed by atoms with Crippen molar-refractivity contribution in [1.29, 1.82) is 0 Å². The van der Waals surface area contributed by atoms with Gasteiger partial charge in [-0.25, -0.2) is 0 Å². The molecule has 2 heteroatoms. The van der Waals surface area contributed by atoms with Crippen LogP contribution in [0.5, 0.6) is 0 Å². The molecular formula is C8H16N2. The first-order chi connectivity index (χ1) is 4.77. The second-order valence-corrected chi connectivity index (χ2v) is 3.87. The summed E-state index contributed by atoms with van der Waals surface area (Å²) in [5.41, 5.74) is 6.15. The molecule has 0 radical (unpaired) electrons. The summed E-state index contributed by atoms with van der Waals surface area (Å²) in [5.74, 6) is 0.803. The van der Waals surface area contributed by atoms with Gasteiger partial charge in [0.25, 0.3) is 0 Å². The van der Waals surface area contributed by atoms with E-state index in [1.807, 2.05) is 0 Å². The van der Waals surface area contributed by atoms with Crippen LogP contribution in [0.25, 0.3) is 0 Å². The number of hydrogen-bond acceptors (Lipinski definition) is 2. The lowest BCUT2D eigenvalue weighted by atomic mass is 10.0. The molecule has 1 spiro atoms. The highest BCUT2D eigenvalue weighted by atomic mass is 15.2. The normalized spacial score (nSPS) is 52.2. The summed E-state index contributed by atoms with van der Waals surface area (Å²) in [6, 6.07) is 0.768. The van der Waals surface area contributed by atoms with E-state index in [4.69, 9.17) is 5.73 Å². The van der Waals surface area contributed by atoms with Crippen LogP contribution < -0.4 is 11.1 Å². The minimum absolute atomic E-state index is 0.546. The number of nitrogens with one attached hydrogen (secondary N) is 1. The van der Waals surface area contributed by atoms with Gasteiger partial charge in [-0.05, 0) is 38.6 Å². The van der Waals surface area contributed by atoms with Crippen LogP contribution in [0.15, 0.2) is 0 Å². The highest BCUT2D eigenvalue weighted by molar-refractivity contribution is 5.15. The van der Waals surface area contributed by atoms with Crippen molar-refractivity contribution >= 4 is 0 Å². The third-order valence-electron chi connectivity index (χ3n) is 3.23. The van der Waals surface area contributed by atoms with Crippen molar-refractivity contribution in [2.45, 2.75) is 37.8 Å². The van der Waals surface area contributed by atoms with Crippen molar-refractivity contribution < 1.29 is 0 Å². The van der Waals surface area contributed by atoms with E-state index in [2.05, 4.69) is 12.2 Å². The zero-order valence-electron chi connectivity index (χ0n) is 6.56. The Balaban J connectivity index is 1.95. The van der Waals surface area contributed by atoms with Gasteiger partial charge in [0.05, 0.1) is 0 Å². The molecular weight excluding hydrogens is 124 g/mol. The highest BCUT2D eigenvalue weighted by Gasteiger charge is 2.53. The third kappa shape index (κ3) is 0.789. The Hall–Kier alpha value is -0.0800. The van der Waals surface area contributed by atoms with E-state index in [9.17, 15) is 0 Å². The molecule has 1 saturated carbocycles. The fourth-order valence-corrected chi connectivity index (χ4v) is 2.30. The number of hydrogen-bond donors (Lipinski definition) is 2. The SMILES string of the molecule is CC1N[C@]12CC[C@H](CN)C2. The number of nitrogens with two attached hydrogens (primary N) is 1. The monoisotopic (exact) mass is 140 g/mol. The lowest BCUT2D eigenvalue weighted by Crippen LogP contribution is -2.15. The molecule has 1 aliphatic heterocycles. The molecule has 0 aromatic heterocycles. The molecule has 58 valence electrons. The molecule has 0 amide bonds. The van der Waals surface area contributed by atoms with Gasteiger partial charge in [0.15, 0.2) is 0 Å². The molecule has 1 saturated heterocycles. The van der Waals surface area contributed by atoms with Crippen LogP contribution in [0.4, 0.5) is 0 Å². The lowest BCUT2D eigenvalue weighted by molar-refractivity contribution is 0.534. The molecule has 2 nitrogen and oxygen atoms in total. The molecule has 3 atom stereocenters. The summed E-state index contributed by atoms with van der Waals surface area (Å²) in [6.07, 6.45) is 4.02. The van der Waals surface area contributed by atoms with Crippen molar-refractivity contribution in [2.24, 2.45) is 11.7 Å². The fraction of sp³-hybridized carbons (Fsp3) is 1.00. The van der Waals surface area contributed by atoms with Crippen LogP contribution in [-0.4, -0.2) is 18.1 Å². The van der Waals surface area contributed by atoms with E-state index in [1.165, 1.54) is 19.3 Å². The van der Waals surface area contributed by atoms with Crippen molar-refractivity contribution in [3.63, 3.8) is 0 Å². The van der Waals surface area contributed by atoms with Crippen LogP contribution in [0.3, 0.4) is 0 Å². The summed E-state index contributed by atoms with van der Waals surface area (Å²) in [6.45, 7) is 3.16. The second-order valence-electron chi connectivity index (χ2n) is 3.87. The van der Waals surface area contributed by atoms with E-state index in [1.54, 1.807) is 0 Å². The predicted octanol–water partition coefficient (Wildman–Crippen LogP) is 0.476. The van der Waals surface area contributed by atoms with Gasteiger partial charge >= 0.3 is 0 Å². The predicted molar refractivity (Wildman–Crippen MR) is 41.7 cm³/mol. The summed E-state index contributed by atoms with van der Waals surface area (Å²) in [4.78, 5) is 0. The summed E-state index contributed by atoms with van der Waals surface area (Å²) < 4.78 is 0. The van der Waals surface area contributed by atoms with Gasteiger partial charge in [-0.2, -0.15) is 0 Å². The van der Waals surface area contributed by atoms with Gasteiger partial charge in [-0.3, -0.25) is 0 Å². The van der Waals surface area contributed by atoms with E-state index in [0.29, 0.717) is 5.54 Å². The molecule has 0 aromatic carbocycles. The van der Waals surface area contributed by atoms with Crippen molar-refractivity contribution in [2.75, 3.05) is 6.54 Å². The molecule has 1 aliphatic carbocycles. The summed E-state index contributed by atoms with van der Waals surface area (Å²) >= 11 is 0. The first-order valence-electron chi connectivity index (χ1n) is 4.24. The summed E-state index contributed by atoms with van der Waals surface area (Å²) in [5, 5.41) is 3.52. The van der Waals surface area contributed by atoms with Gasteiger partial charge in [-0.15, -0.1) is 0 Å². The molecule has 2 fully saturated rings. The van der Waals surface area contributed by atoms with Crippen LogP contribution in [0.2, 0.25) is 0 Å². The van der Waals surface area contributed by atoms with E-state index in [0.717, 1.165) is 18.5 Å². The molecule has 1 unspecified atom stereocenters. The average molecular weight is 140 g/mol. The minimum Gasteiger partial charge on any atom is -0.330 e. The maximum absolute atomic E-state index is 5.60. The zero-order chi connectivity index (χ0) is 7.19. The Morgan fingerprint density at radius 3 is 2.70 bits per heavy atom. The molecule has 3 N–H and O–H groups in total. The Morgan fingerprint density at radius 2 is 2.40 bits per heavy atom. The van der Waals surface area contributed by atoms with E-state index in [-0.39, 0.29) is 0 Å². The van der Waals surface area contributed by atoms with Gasteiger partial charge in [-0.1, -0.05) is 0 Å². The quantitative estimate of drug-likeness (QED) is 0.520. The van der Waals surface area contributed by atoms with Crippen molar-refractivity contribution in [3.05, 3.63) is 0 Å². The zero-order valence-corrected chi connectivity index (χ0v) is 6.56. The Kier molecular flexibility index (Phi) is 1.29. The molecule has 2 rings (SSSR count). The van der Waals surface area contributed by atoms with Crippen LogP contribution in [0.1, 0.15) is 26.2 Å². The third-order valence-corrected chi connectivity index (χ3v) is 3.23. The standard InChI is InChI=1S/C8H16N2/c1-6-8(10-6)3-2-7(4-8)5-9/h6-7,10H,2-5,9H2,1H3/t6?,7-,8-/m0/s1. The average Bonchev–Trinajstić information content (AvgIpc) is 2.43. The lowest BCUT2D eigenvalue weighted by Gasteiger charge is -2.04. The Bertz CT molecular complexity index is 146. The highest BCUT2D eigenvalue weighted by Crippen LogP contribution is 2.44. The van der Waals surface area contributed by atoms with Gasteiger partial charge < -0.3 is 11.1 Å². The Labute approximate surface area is 62.2 Å². The first-order valence-corrected chi connectivity index (χ1v) is 4.24.